The number of carbonyl (C=O) groups excluding carboxylic acids is 1. The number of aromatic nitrogens is 1. The average Bonchev–Trinajstić information content (AvgIpc) is 2.87. The number of pyridine rings is 1. The molecular weight excluding hydrogens is 430 g/mol. The van der Waals surface area contributed by atoms with E-state index in [1.165, 1.54) is 24.3 Å². The lowest BCUT2D eigenvalue weighted by Gasteiger charge is -2.19. The molecule has 4 aromatic carbocycles. The van der Waals surface area contributed by atoms with E-state index in [1.807, 2.05) is 54.6 Å². The zero-order valence-corrected chi connectivity index (χ0v) is 18.2. The normalized spacial score (nSPS) is 11.0. The fourth-order valence-corrected chi connectivity index (χ4v) is 4.27. The minimum atomic E-state index is -0.551. The number of rotatable bonds is 4. The van der Waals surface area contributed by atoms with Gasteiger partial charge in [-0.05, 0) is 34.5 Å². The SMILES string of the molecule is Cn1c(NC(=O)c2cccc([N+](=O)[O-])c2)c(-c2cccc3ccccc23)c(=O)c2ccccc21. The molecule has 0 unspecified atom stereocenters. The highest BCUT2D eigenvalue weighted by Crippen LogP contribution is 2.33. The summed E-state index contributed by atoms with van der Waals surface area (Å²) in [7, 11) is 1.78. The lowest BCUT2D eigenvalue weighted by Crippen LogP contribution is -2.21. The summed E-state index contributed by atoms with van der Waals surface area (Å²) in [5, 5.41) is 16.4. The Bertz CT molecular complexity index is 1670. The summed E-state index contributed by atoms with van der Waals surface area (Å²) in [6.45, 7) is 0. The topological polar surface area (TPSA) is 94.2 Å². The van der Waals surface area contributed by atoms with Gasteiger partial charge in [-0.3, -0.25) is 19.7 Å². The van der Waals surface area contributed by atoms with Crippen LogP contribution in [-0.2, 0) is 7.05 Å². The van der Waals surface area contributed by atoms with Crippen LogP contribution >= 0.6 is 0 Å². The first-order valence-corrected chi connectivity index (χ1v) is 10.6. The molecule has 0 aliphatic rings. The van der Waals surface area contributed by atoms with E-state index in [4.69, 9.17) is 0 Å². The van der Waals surface area contributed by atoms with Crippen molar-refractivity contribution >= 4 is 39.1 Å². The summed E-state index contributed by atoms with van der Waals surface area (Å²) in [6, 6.07) is 26.1. The smallest absolute Gasteiger partial charge is 0.270 e. The molecule has 5 aromatic rings. The number of non-ortho nitro benzene ring substituents is 1. The molecule has 1 N–H and O–H groups in total. The largest absolute Gasteiger partial charge is 0.330 e. The van der Waals surface area contributed by atoms with E-state index in [1.54, 1.807) is 23.7 Å². The number of nitrogens with one attached hydrogen (secondary N) is 1. The number of carbonyl (C=O) groups is 1. The van der Waals surface area contributed by atoms with Crippen molar-refractivity contribution in [1.29, 1.82) is 0 Å². The van der Waals surface area contributed by atoms with Gasteiger partial charge in [-0.25, -0.2) is 0 Å². The molecule has 5 rings (SSSR count). The van der Waals surface area contributed by atoms with E-state index >= 15 is 0 Å². The maximum Gasteiger partial charge on any atom is 0.270 e. The number of aryl methyl sites for hydroxylation is 1. The van der Waals surface area contributed by atoms with Crippen molar-refractivity contribution in [3.8, 4) is 11.1 Å². The quantitative estimate of drug-likeness (QED) is 0.289. The second-order valence-corrected chi connectivity index (χ2v) is 7.92. The Morgan fingerprint density at radius 2 is 1.56 bits per heavy atom. The van der Waals surface area contributed by atoms with Crippen LogP contribution in [0.2, 0.25) is 0 Å². The van der Waals surface area contributed by atoms with Crippen LogP contribution in [0.3, 0.4) is 0 Å². The van der Waals surface area contributed by atoms with E-state index in [-0.39, 0.29) is 16.7 Å². The predicted octanol–water partition coefficient (Wildman–Crippen LogP) is 5.52. The van der Waals surface area contributed by atoms with Crippen molar-refractivity contribution in [1.82, 2.24) is 4.57 Å². The first-order valence-electron chi connectivity index (χ1n) is 10.6. The molecule has 0 aliphatic heterocycles. The zero-order chi connectivity index (χ0) is 23.8. The minimum Gasteiger partial charge on any atom is -0.330 e. The highest BCUT2D eigenvalue weighted by atomic mass is 16.6. The fourth-order valence-electron chi connectivity index (χ4n) is 4.27. The van der Waals surface area contributed by atoms with Crippen molar-refractivity contribution in [2.24, 2.45) is 7.05 Å². The molecular formula is C27H19N3O4. The third-order valence-electron chi connectivity index (χ3n) is 5.92. The molecule has 0 aliphatic carbocycles. The van der Waals surface area contributed by atoms with Crippen LogP contribution in [0.1, 0.15) is 10.4 Å². The maximum absolute atomic E-state index is 13.8. The molecule has 0 spiro atoms. The average molecular weight is 449 g/mol. The first-order chi connectivity index (χ1) is 16.5. The number of para-hydroxylation sites is 1. The molecule has 0 bridgehead atoms. The van der Waals surface area contributed by atoms with Gasteiger partial charge in [0.2, 0.25) is 0 Å². The van der Waals surface area contributed by atoms with E-state index in [0.29, 0.717) is 27.8 Å². The van der Waals surface area contributed by atoms with E-state index in [2.05, 4.69) is 5.32 Å². The number of fused-ring (bicyclic) bond motifs is 2. The number of hydrogen-bond acceptors (Lipinski definition) is 4. The summed E-state index contributed by atoms with van der Waals surface area (Å²) in [5.41, 5.74) is 1.44. The zero-order valence-electron chi connectivity index (χ0n) is 18.2. The Hall–Kier alpha value is -4.78. The Labute approximate surface area is 194 Å². The van der Waals surface area contributed by atoms with Gasteiger partial charge in [-0.1, -0.05) is 60.7 Å². The van der Waals surface area contributed by atoms with Gasteiger partial charge in [0, 0.05) is 30.1 Å². The number of nitrogens with zero attached hydrogens (tertiary/aromatic N) is 2. The van der Waals surface area contributed by atoms with Gasteiger partial charge in [0.05, 0.1) is 16.0 Å². The maximum atomic E-state index is 13.8. The molecule has 1 amide bonds. The van der Waals surface area contributed by atoms with Crippen LogP contribution in [0.25, 0.3) is 32.8 Å². The number of nitro benzene ring substituents is 1. The van der Waals surface area contributed by atoms with E-state index in [9.17, 15) is 19.7 Å². The van der Waals surface area contributed by atoms with E-state index in [0.717, 1.165) is 10.8 Å². The van der Waals surface area contributed by atoms with Gasteiger partial charge in [-0.15, -0.1) is 0 Å². The second kappa shape index (κ2) is 8.29. The van der Waals surface area contributed by atoms with Crippen molar-refractivity contribution in [2.75, 3.05) is 5.32 Å². The number of benzene rings is 4. The summed E-state index contributed by atoms with van der Waals surface area (Å²) >= 11 is 0. The first kappa shape index (κ1) is 21.1. The molecule has 0 atom stereocenters. The lowest BCUT2D eigenvalue weighted by atomic mass is 9.96. The second-order valence-electron chi connectivity index (χ2n) is 7.92. The third-order valence-corrected chi connectivity index (χ3v) is 5.92. The van der Waals surface area contributed by atoms with Gasteiger partial charge in [0.25, 0.3) is 11.6 Å². The highest BCUT2D eigenvalue weighted by Gasteiger charge is 2.21. The van der Waals surface area contributed by atoms with Crippen LogP contribution in [0, 0.1) is 10.1 Å². The Morgan fingerprint density at radius 3 is 2.35 bits per heavy atom. The van der Waals surface area contributed by atoms with Crippen LogP contribution < -0.4 is 10.7 Å². The fraction of sp³-hybridized carbons (Fsp3) is 0.0370. The predicted molar refractivity (Wildman–Crippen MR) is 133 cm³/mol. The summed E-state index contributed by atoms with van der Waals surface area (Å²) in [5.74, 6) is -0.230. The number of hydrogen-bond donors (Lipinski definition) is 1. The van der Waals surface area contributed by atoms with Crippen molar-refractivity contribution in [3.05, 3.63) is 117 Å². The highest BCUT2D eigenvalue weighted by molar-refractivity contribution is 6.09. The molecule has 166 valence electrons. The third kappa shape index (κ3) is 3.49. The summed E-state index contributed by atoms with van der Waals surface area (Å²) in [6.07, 6.45) is 0. The molecule has 0 saturated heterocycles. The van der Waals surface area contributed by atoms with Crippen LogP contribution in [0.5, 0.6) is 0 Å². The standard InChI is InChI=1S/C27H19N3O4/c1-29-23-15-5-4-13-22(23)25(31)24(21-14-7-9-17-8-2-3-12-20(17)21)26(29)28-27(32)18-10-6-11-19(16-18)30(33)34/h2-16H,1H3,(H,28,32). The van der Waals surface area contributed by atoms with E-state index < -0.39 is 10.8 Å². The van der Waals surface area contributed by atoms with Gasteiger partial charge >= 0.3 is 0 Å². The molecule has 0 saturated carbocycles. The molecule has 0 fully saturated rings. The molecule has 7 heteroatoms. The summed E-state index contributed by atoms with van der Waals surface area (Å²) in [4.78, 5) is 37.6. The molecule has 0 radical (unpaired) electrons. The van der Waals surface area contributed by atoms with Crippen molar-refractivity contribution < 1.29 is 9.72 Å². The van der Waals surface area contributed by atoms with Gasteiger partial charge in [0.15, 0.2) is 5.43 Å². The molecule has 34 heavy (non-hydrogen) atoms. The van der Waals surface area contributed by atoms with Crippen molar-refractivity contribution in [2.45, 2.75) is 0 Å². The van der Waals surface area contributed by atoms with Crippen LogP contribution in [-0.4, -0.2) is 15.4 Å². The monoisotopic (exact) mass is 449 g/mol. The van der Waals surface area contributed by atoms with Crippen LogP contribution in [0.15, 0.2) is 95.8 Å². The van der Waals surface area contributed by atoms with Gasteiger partial charge in [0.1, 0.15) is 5.82 Å². The Balaban J connectivity index is 1.77. The van der Waals surface area contributed by atoms with Gasteiger partial charge < -0.3 is 9.88 Å². The number of anilines is 1. The number of amides is 1. The Morgan fingerprint density at radius 1 is 0.882 bits per heavy atom. The summed E-state index contributed by atoms with van der Waals surface area (Å²) < 4.78 is 1.77. The number of nitro groups is 1. The Kier molecular flexibility index (Phi) is 5.14. The van der Waals surface area contributed by atoms with Gasteiger partial charge in [-0.2, -0.15) is 0 Å². The molecule has 7 nitrogen and oxygen atoms in total. The lowest BCUT2D eigenvalue weighted by molar-refractivity contribution is -0.384. The molecule has 1 heterocycles. The minimum absolute atomic E-state index is 0.124. The van der Waals surface area contributed by atoms with Crippen molar-refractivity contribution in [3.63, 3.8) is 0 Å². The molecule has 1 aromatic heterocycles. The van der Waals surface area contributed by atoms with Crippen LogP contribution in [0.4, 0.5) is 11.5 Å².